The summed E-state index contributed by atoms with van der Waals surface area (Å²) in [5.41, 5.74) is -1.07. The highest BCUT2D eigenvalue weighted by atomic mass is 16.5. The second kappa shape index (κ2) is 8.63. The number of hydrogen-bond acceptors (Lipinski definition) is 5. The average Bonchev–Trinajstić information content (AvgIpc) is 3.34. The summed E-state index contributed by atoms with van der Waals surface area (Å²) in [6.45, 7) is 0.781. The lowest BCUT2D eigenvalue weighted by atomic mass is 9.80. The Balaban J connectivity index is 1.63. The summed E-state index contributed by atoms with van der Waals surface area (Å²) < 4.78 is 5.87. The van der Waals surface area contributed by atoms with Gasteiger partial charge in [-0.2, -0.15) is 0 Å². The molecule has 7 nitrogen and oxygen atoms in total. The highest BCUT2D eigenvalue weighted by molar-refractivity contribution is 6.01. The van der Waals surface area contributed by atoms with Crippen molar-refractivity contribution in [1.29, 1.82) is 0 Å². The summed E-state index contributed by atoms with van der Waals surface area (Å²) in [6.07, 6.45) is 4.10. The molecule has 2 amide bonds. The van der Waals surface area contributed by atoms with Crippen molar-refractivity contribution in [2.45, 2.75) is 44.1 Å². The number of carbonyl (C=O) groups excluding carboxylic acids is 3. The fourth-order valence-corrected chi connectivity index (χ4v) is 4.29. The van der Waals surface area contributed by atoms with E-state index in [1.54, 1.807) is 12.1 Å². The predicted octanol–water partition coefficient (Wildman–Crippen LogP) is 1.79. The smallest absolute Gasteiger partial charge is 0.343 e. The molecule has 1 aliphatic heterocycles. The normalized spacial score (nSPS) is 20.2. The minimum absolute atomic E-state index is 0.101. The Bertz CT molecular complexity index is 742. The molecule has 0 bridgehead atoms. The van der Waals surface area contributed by atoms with Gasteiger partial charge < -0.3 is 14.3 Å². The molecule has 1 aliphatic carbocycles. The van der Waals surface area contributed by atoms with Crippen LogP contribution in [0.3, 0.4) is 0 Å². The Hall–Kier alpha value is -2.25. The molecule has 0 aromatic heterocycles. The third kappa shape index (κ3) is 4.67. The number of nitrogens with zero attached hydrogens (tertiary/aromatic N) is 2. The number of likely N-dealkylation sites (N-methyl/N-ethyl adjacent to an activating group) is 1. The summed E-state index contributed by atoms with van der Waals surface area (Å²) in [5.74, 6) is -1.08. The number of likely N-dealkylation sites (tertiary alicyclic amines) is 1. The van der Waals surface area contributed by atoms with E-state index in [1.807, 2.05) is 32.3 Å². The molecule has 1 saturated carbocycles. The zero-order valence-corrected chi connectivity index (χ0v) is 17.3. The largest absolute Gasteiger partial charge is 0.457 e. The molecule has 2 aliphatic rings. The molecule has 1 N–H and O–H groups in total. The molecule has 0 radical (unpaired) electrons. The number of rotatable bonds is 8. The van der Waals surface area contributed by atoms with Gasteiger partial charge in [0.15, 0.2) is 12.3 Å². The number of benzene rings is 1. The average molecular weight is 403 g/mol. The number of carbonyl (C=O) groups is 3. The molecular weight excluding hydrogens is 372 g/mol. The molecule has 7 heteroatoms. The molecular formula is C22H31N2O5+. The van der Waals surface area contributed by atoms with E-state index < -0.39 is 11.6 Å². The van der Waals surface area contributed by atoms with Gasteiger partial charge in [0.2, 0.25) is 11.8 Å². The fourth-order valence-electron chi connectivity index (χ4n) is 4.29. The predicted molar refractivity (Wildman–Crippen MR) is 106 cm³/mol. The second-order valence-electron chi connectivity index (χ2n) is 8.77. The summed E-state index contributed by atoms with van der Waals surface area (Å²) in [7, 11) is 3.76. The maximum absolute atomic E-state index is 13.0. The van der Waals surface area contributed by atoms with Crippen LogP contribution in [-0.2, 0) is 24.7 Å². The molecule has 0 spiro atoms. The van der Waals surface area contributed by atoms with Crippen molar-refractivity contribution < 1.29 is 28.7 Å². The molecule has 1 unspecified atom stereocenters. The number of aliphatic hydroxyl groups is 1. The maximum Gasteiger partial charge on any atom is 0.343 e. The van der Waals surface area contributed by atoms with E-state index in [9.17, 15) is 19.5 Å². The monoisotopic (exact) mass is 403 g/mol. The number of hydrogen-bond donors (Lipinski definition) is 1. The van der Waals surface area contributed by atoms with Gasteiger partial charge in [-0.15, -0.1) is 0 Å². The second-order valence-corrected chi connectivity index (χ2v) is 8.77. The van der Waals surface area contributed by atoms with E-state index in [-0.39, 0.29) is 43.8 Å². The Labute approximate surface area is 171 Å². The van der Waals surface area contributed by atoms with Crippen molar-refractivity contribution in [2.75, 3.05) is 33.9 Å². The highest BCUT2D eigenvalue weighted by Gasteiger charge is 2.48. The minimum atomic E-state index is -1.64. The van der Waals surface area contributed by atoms with Crippen LogP contribution in [0.25, 0.3) is 0 Å². The molecule has 1 aromatic carbocycles. The standard InChI is InChI=1S/C22H31N2O5/c1-24(2,16-23-19(25)12-13-20(23)26)14-15-29-21(27)22(28,18-10-6-7-11-18)17-8-4-3-5-9-17/h3-5,8-9,18,28H,6-7,10-16H2,1-2H3/q+1. The first-order valence-corrected chi connectivity index (χ1v) is 10.3. The van der Waals surface area contributed by atoms with E-state index >= 15 is 0 Å². The number of imide groups is 1. The third-order valence-electron chi connectivity index (χ3n) is 6.08. The van der Waals surface area contributed by atoms with Crippen LogP contribution < -0.4 is 0 Å². The summed E-state index contributed by atoms with van der Waals surface area (Å²) in [4.78, 5) is 38.0. The van der Waals surface area contributed by atoms with Crippen LogP contribution in [0.15, 0.2) is 30.3 Å². The Morgan fingerprint density at radius 1 is 1.14 bits per heavy atom. The van der Waals surface area contributed by atoms with E-state index in [0.29, 0.717) is 16.6 Å². The van der Waals surface area contributed by atoms with Gasteiger partial charge in [0, 0.05) is 18.8 Å². The minimum Gasteiger partial charge on any atom is -0.457 e. The van der Waals surface area contributed by atoms with E-state index in [4.69, 9.17) is 4.74 Å². The molecule has 1 aromatic rings. The molecule has 29 heavy (non-hydrogen) atoms. The van der Waals surface area contributed by atoms with Crippen LogP contribution in [-0.4, -0.2) is 66.2 Å². The van der Waals surface area contributed by atoms with Gasteiger partial charge in [0.25, 0.3) is 0 Å². The Morgan fingerprint density at radius 2 is 1.72 bits per heavy atom. The molecule has 1 atom stereocenters. The van der Waals surface area contributed by atoms with Gasteiger partial charge in [-0.1, -0.05) is 43.2 Å². The molecule has 158 valence electrons. The number of esters is 1. The summed E-state index contributed by atoms with van der Waals surface area (Å²) in [6, 6.07) is 9.01. The van der Waals surface area contributed by atoms with E-state index in [2.05, 4.69) is 0 Å². The van der Waals surface area contributed by atoms with Crippen LogP contribution in [0.1, 0.15) is 44.1 Å². The van der Waals surface area contributed by atoms with E-state index in [0.717, 1.165) is 25.7 Å². The number of ether oxygens (including phenoxy) is 1. The number of quaternary nitrogens is 1. The molecule has 1 saturated heterocycles. The van der Waals surface area contributed by atoms with E-state index in [1.165, 1.54) is 4.90 Å². The van der Waals surface area contributed by atoms with Crippen LogP contribution in [0.5, 0.6) is 0 Å². The topological polar surface area (TPSA) is 83.9 Å². The van der Waals surface area contributed by atoms with Gasteiger partial charge in [0.05, 0.1) is 14.1 Å². The molecule has 1 heterocycles. The first-order chi connectivity index (χ1) is 13.7. The SMILES string of the molecule is C[N+](C)(CCOC(=O)C(O)(c1ccccc1)C1CCCC1)CN1C(=O)CCC1=O. The summed E-state index contributed by atoms with van der Waals surface area (Å²) in [5, 5.41) is 11.4. The Kier molecular flexibility index (Phi) is 6.39. The first-order valence-electron chi connectivity index (χ1n) is 10.3. The van der Waals surface area contributed by atoms with Crippen LogP contribution in [0.4, 0.5) is 0 Å². The van der Waals surface area contributed by atoms with Crippen molar-refractivity contribution in [1.82, 2.24) is 4.90 Å². The number of amides is 2. The third-order valence-corrected chi connectivity index (χ3v) is 6.08. The van der Waals surface area contributed by atoms with Gasteiger partial charge >= 0.3 is 5.97 Å². The fraction of sp³-hybridized carbons (Fsp3) is 0.591. The zero-order chi connectivity index (χ0) is 21.1. The lowest BCUT2D eigenvalue weighted by Crippen LogP contribution is -2.52. The summed E-state index contributed by atoms with van der Waals surface area (Å²) >= 11 is 0. The molecule has 3 rings (SSSR count). The van der Waals surface area contributed by atoms with Gasteiger partial charge in [-0.05, 0) is 18.4 Å². The van der Waals surface area contributed by atoms with Gasteiger partial charge in [-0.3, -0.25) is 9.59 Å². The van der Waals surface area contributed by atoms with Crippen molar-refractivity contribution >= 4 is 17.8 Å². The maximum atomic E-state index is 13.0. The van der Waals surface area contributed by atoms with Crippen molar-refractivity contribution in [3.05, 3.63) is 35.9 Å². The van der Waals surface area contributed by atoms with Crippen LogP contribution >= 0.6 is 0 Å². The lowest BCUT2D eigenvalue weighted by Gasteiger charge is -2.34. The molecule has 2 fully saturated rings. The van der Waals surface area contributed by atoms with Crippen LogP contribution in [0, 0.1) is 5.92 Å². The zero-order valence-electron chi connectivity index (χ0n) is 17.3. The van der Waals surface area contributed by atoms with Crippen molar-refractivity contribution in [3.8, 4) is 0 Å². The van der Waals surface area contributed by atoms with Crippen molar-refractivity contribution in [3.63, 3.8) is 0 Å². The lowest BCUT2D eigenvalue weighted by molar-refractivity contribution is -0.897. The van der Waals surface area contributed by atoms with Gasteiger partial charge in [-0.25, -0.2) is 9.69 Å². The first kappa shape index (κ1) is 21.5. The quantitative estimate of drug-likeness (QED) is 0.406. The van der Waals surface area contributed by atoms with Gasteiger partial charge in [0.1, 0.15) is 13.2 Å². The van der Waals surface area contributed by atoms with Crippen molar-refractivity contribution in [2.24, 2.45) is 5.92 Å². The highest BCUT2D eigenvalue weighted by Crippen LogP contribution is 2.41. The van der Waals surface area contributed by atoms with Crippen LogP contribution in [0.2, 0.25) is 0 Å². The Morgan fingerprint density at radius 3 is 2.31 bits per heavy atom.